The summed E-state index contributed by atoms with van der Waals surface area (Å²) < 4.78 is 32.3. The molecule has 1 fully saturated rings. The Morgan fingerprint density at radius 2 is 1.85 bits per heavy atom. The summed E-state index contributed by atoms with van der Waals surface area (Å²) >= 11 is 0. The number of nitrogens with one attached hydrogen (secondary N) is 2. The van der Waals surface area contributed by atoms with Gasteiger partial charge in [-0.3, -0.25) is 14.9 Å². The number of carbonyl (C=O) groups is 1. The van der Waals surface area contributed by atoms with Gasteiger partial charge >= 0.3 is 0 Å². The number of rotatable bonds is 8. The minimum Gasteiger partial charge on any atom is -0.459 e. The summed E-state index contributed by atoms with van der Waals surface area (Å²) in [5.74, 6) is -0.213. The van der Waals surface area contributed by atoms with Crippen molar-refractivity contribution in [3.8, 4) is 0 Å². The van der Waals surface area contributed by atoms with E-state index in [9.17, 15) is 23.3 Å². The highest BCUT2D eigenvalue weighted by molar-refractivity contribution is 7.89. The molecule has 178 valence electrons. The van der Waals surface area contributed by atoms with Crippen molar-refractivity contribution in [2.24, 2.45) is 0 Å². The molecule has 3 aromatic rings. The van der Waals surface area contributed by atoms with Crippen LogP contribution in [0, 0.1) is 10.1 Å². The van der Waals surface area contributed by atoms with E-state index >= 15 is 0 Å². The highest BCUT2D eigenvalue weighted by atomic mass is 32.2. The summed E-state index contributed by atoms with van der Waals surface area (Å²) in [4.78, 5) is 23.2. The second-order valence-electron chi connectivity index (χ2n) is 7.89. The lowest BCUT2D eigenvalue weighted by molar-refractivity contribution is -0.384. The minimum absolute atomic E-state index is 0.0886. The van der Waals surface area contributed by atoms with Crippen LogP contribution in [0.15, 0.2) is 70.2 Å². The van der Waals surface area contributed by atoms with Crippen molar-refractivity contribution in [3.63, 3.8) is 0 Å². The van der Waals surface area contributed by atoms with Gasteiger partial charge in [-0.15, -0.1) is 0 Å². The van der Waals surface area contributed by atoms with E-state index in [4.69, 9.17) is 4.42 Å². The van der Waals surface area contributed by atoms with Gasteiger partial charge in [0, 0.05) is 31.4 Å². The molecule has 1 saturated heterocycles. The Kier molecular flexibility index (Phi) is 6.94. The molecule has 0 saturated carbocycles. The number of sulfonamides is 1. The van der Waals surface area contributed by atoms with Crippen LogP contribution >= 0.6 is 0 Å². The summed E-state index contributed by atoms with van der Waals surface area (Å²) in [5.41, 5.74) is 1.18. The van der Waals surface area contributed by atoms with Crippen LogP contribution in [0.25, 0.3) is 0 Å². The van der Waals surface area contributed by atoms with E-state index < -0.39 is 20.9 Å². The van der Waals surface area contributed by atoms with Gasteiger partial charge in [0.15, 0.2) is 5.76 Å². The molecule has 0 aliphatic carbocycles. The van der Waals surface area contributed by atoms with E-state index in [0.717, 1.165) is 30.9 Å². The maximum atomic E-state index is 12.9. The summed E-state index contributed by atoms with van der Waals surface area (Å²) in [7, 11) is -3.78. The quantitative estimate of drug-likeness (QED) is 0.361. The Morgan fingerprint density at radius 1 is 1.06 bits per heavy atom. The number of carbonyl (C=O) groups excluding carboxylic acids is 1. The van der Waals surface area contributed by atoms with Crippen LogP contribution < -0.4 is 10.6 Å². The van der Waals surface area contributed by atoms with Gasteiger partial charge in [-0.1, -0.05) is 18.6 Å². The molecule has 2 N–H and O–H groups in total. The number of nitrogens with zero attached hydrogens (tertiary/aromatic N) is 2. The molecular weight excluding hydrogens is 460 g/mol. The molecule has 1 aromatic heterocycles. The van der Waals surface area contributed by atoms with Crippen molar-refractivity contribution < 1.29 is 22.6 Å². The first kappa shape index (κ1) is 23.5. The van der Waals surface area contributed by atoms with Gasteiger partial charge in [0.2, 0.25) is 10.0 Å². The standard InChI is InChI=1S/C23H24N4O6S/c28-23(22-8-5-13-33-22)25-18-7-4-6-17(14-18)16-24-20-10-9-19(15-21(20)27(29)30)34(31,32)26-11-2-1-3-12-26/h4-10,13-15,24H,1-3,11-12,16H2,(H,25,28). The molecule has 2 aromatic carbocycles. The summed E-state index contributed by atoms with van der Waals surface area (Å²) in [5, 5.41) is 17.4. The number of anilines is 2. The Hall–Kier alpha value is -3.70. The van der Waals surface area contributed by atoms with Crippen LogP contribution in [-0.2, 0) is 16.6 Å². The van der Waals surface area contributed by atoms with Crippen LogP contribution in [0.3, 0.4) is 0 Å². The summed E-state index contributed by atoms with van der Waals surface area (Å²) in [6.07, 6.45) is 3.94. The van der Waals surface area contributed by atoms with E-state index in [1.165, 1.54) is 22.7 Å². The monoisotopic (exact) mass is 484 g/mol. The lowest BCUT2D eigenvalue weighted by Crippen LogP contribution is -2.35. The van der Waals surface area contributed by atoms with E-state index in [1.54, 1.807) is 36.4 Å². The third-order valence-corrected chi connectivity index (χ3v) is 7.43. The zero-order valence-corrected chi connectivity index (χ0v) is 19.1. The molecule has 0 unspecified atom stereocenters. The van der Waals surface area contributed by atoms with Crippen molar-refractivity contribution in [1.29, 1.82) is 0 Å². The average Bonchev–Trinajstić information content (AvgIpc) is 3.39. The predicted octanol–water partition coefficient (Wildman–Crippen LogP) is 4.23. The van der Waals surface area contributed by atoms with E-state index in [1.807, 2.05) is 0 Å². The number of hydrogen-bond donors (Lipinski definition) is 2. The van der Waals surface area contributed by atoms with Crippen LogP contribution in [-0.4, -0.2) is 36.6 Å². The minimum atomic E-state index is -3.78. The molecule has 4 rings (SSSR count). The summed E-state index contributed by atoms with van der Waals surface area (Å²) in [6, 6.07) is 14.1. The van der Waals surface area contributed by atoms with Crippen molar-refractivity contribution in [1.82, 2.24) is 4.31 Å². The Morgan fingerprint density at radius 3 is 2.56 bits per heavy atom. The molecule has 0 radical (unpaired) electrons. The lowest BCUT2D eigenvalue weighted by Gasteiger charge is -2.25. The normalized spacial score (nSPS) is 14.5. The van der Waals surface area contributed by atoms with Crippen molar-refractivity contribution >= 4 is 33.0 Å². The van der Waals surface area contributed by atoms with Gasteiger partial charge in [-0.25, -0.2) is 8.42 Å². The van der Waals surface area contributed by atoms with Gasteiger partial charge in [-0.05, 0) is 54.8 Å². The first-order valence-corrected chi connectivity index (χ1v) is 12.2. The Labute approximate surface area is 196 Å². The molecule has 1 amide bonds. The smallest absolute Gasteiger partial charge is 0.293 e. The molecule has 34 heavy (non-hydrogen) atoms. The van der Waals surface area contributed by atoms with E-state index in [-0.39, 0.29) is 28.6 Å². The first-order valence-electron chi connectivity index (χ1n) is 10.8. The number of hydrogen-bond acceptors (Lipinski definition) is 7. The van der Waals surface area contributed by atoms with Crippen LogP contribution in [0.1, 0.15) is 35.4 Å². The molecule has 10 nitrogen and oxygen atoms in total. The van der Waals surface area contributed by atoms with Crippen LogP contribution in [0.4, 0.5) is 17.1 Å². The molecular formula is C23H24N4O6S. The molecule has 0 spiro atoms. The molecule has 2 heterocycles. The van der Waals surface area contributed by atoms with Crippen molar-refractivity contribution in [2.75, 3.05) is 23.7 Å². The number of furan rings is 1. The Bertz CT molecular complexity index is 1280. The van der Waals surface area contributed by atoms with E-state index in [2.05, 4.69) is 10.6 Å². The first-order chi connectivity index (χ1) is 16.3. The third kappa shape index (κ3) is 5.26. The highest BCUT2D eigenvalue weighted by Gasteiger charge is 2.28. The fourth-order valence-electron chi connectivity index (χ4n) is 3.78. The van der Waals surface area contributed by atoms with E-state index in [0.29, 0.717) is 18.8 Å². The number of piperidine rings is 1. The SMILES string of the molecule is O=C(Nc1cccc(CNc2ccc(S(=O)(=O)N3CCCCC3)cc2[N+](=O)[O-])c1)c1ccco1. The van der Waals surface area contributed by atoms with Gasteiger partial charge in [0.25, 0.3) is 11.6 Å². The Balaban J connectivity index is 1.48. The second-order valence-corrected chi connectivity index (χ2v) is 9.82. The van der Waals surface area contributed by atoms with Gasteiger partial charge < -0.3 is 15.1 Å². The van der Waals surface area contributed by atoms with Crippen molar-refractivity contribution in [2.45, 2.75) is 30.7 Å². The molecule has 0 atom stereocenters. The molecule has 1 aliphatic rings. The maximum Gasteiger partial charge on any atom is 0.293 e. The number of nitro groups is 1. The third-order valence-electron chi connectivity index (χ3n) is 5.53. The van der Waals surface area contributed by atoms with Gasteiger partial charge in [0.1, 0.15) is 5.69 Å². The molecule has 0 bridgehead atoms. The maximum absolute atomic E-state index is 12.9. The fraction of sp³-hybridized carbons (Fsp3) is 0.261. The lowest BCUT2D eigenvalue weighted by atomic mass is 10.2. The average molecular weight is 485 g/mol. The van der Waals surface area contributed by atoms with Crippen molar-refractivity contribution in [3.05, 3.63) is 82.3 Å². The summed E-state index contributed by atoms with van der Waals surface area (Å²) in [6.45, 7) is 1.06. The number of benzene rings is 2. The van der Waals surface area contributed by atoms with Gasteiger partial charge in [0.05, 0.1) is 16.1 Å². The largest absolute Gasteiger partial charge is 0.459 e. The molecule has 11 heteroatoms. The zero-order chi connectivity index (χ0) is 24.1. The molecule has 1 aliphatic heterocycles. The fourth-order valence-corrected chi connectivity index (χ4v) is 5.32. The second kappa shape index (κ2) is 10.1. The number of amides is 1. The van der Waals surface area contributed by atoms with Crippen LogP contribution in [0.5, 0.6) is 0 Å². The highest BCUT2D eigenvalue weighted by Crippen LogP contribution is 2.30. The van der Waals surface area contributed by atoms with Gasteiger partial charge in [-0.2, -0.15) is 4.31 Å². The topological polar surface area (TPSA) is 135 Å². The number of nitro benzene ring substituents is 1. The predicted molar refractivity (Wildman–Crippen MR) is 126 cm³/mol. The zero-order valence-electron chi connectivity index (χ0n) is 18.3. The van der Waals surface area contributed by atoms with Crippen LogP contribution in [0.2, 0.25) is 0 Å².